The fourth-order valence-electron chi connectivity index (χ4n) is 3.89. The van der Waals surface area contributed by atoms with Gasteiger partial charge in [0.15, 0.2) is 0 Å². The van der Waals surface area contributed by atoms with E-state index in [1.54, 1.807) is 0 Å². The van der Waals surface area contributed by atoms with E-state index in [2.05, 4.69) is 64.1 Å². The zero-order valence-electron chi connectivity index (χ0n) is 16.1. The van der Waals surface area contributed by atoms with Gasteiger partial charge in [0.25, 0.3) is 0 Å². The van der Waals surface area contributed by atoms with Crippen LogP contribution in [0.1, 0.15) is 58.9 Å². The molecular weight excluding hydrogens is 306 g/mol. The normalized spacial score (nSPS) is 22.2. The van der Waals surface area contributed by atoms with Crippen LogP contribution in [0.2, 0.25) is 0 Å². The van der Waals surface area contributed by atoms with Crippen LogP contribution in [0.15, 0.2) is 36.4 Å². The molecule has 3 rings (SSSR count). The van der Waals surface area contributed by atoms with Gasteiger partial charge in [0.2, 0.25) is 0 Å². The zero-order valence-corrected chi connectivity index (χ0v) is 16.1. The fraction of sp³-hybridized carbons (Fsp3) is 0.522. The standard InChI is InChI=1S/C23H32NO/c1-22(2,3)18-9-12-20(13-10-18)25-21-11-7-16-14-19(23(4,5)24)8-6-17(16)15-21/h6-8,11,14-15,18,20H,4,9-10,12-13,24H2,1-3,5H3/t18-,20-,23-/m1/s1. The molecule has 0 aliphatic heterocycles. The van der Waals surface area contributed by atoms with Crippen LogP contribution < -0.4 is 10.5 Å². The Kier molecular flexibility index (Phi) is 4.85. The second-order valence-electron chi connectivity index (χ2n) is 9.10. The van der Waals surface area contributed by atoms with E-state index >= 15 is 0 Å². The molecule has 0 saturated heterocycles. The van der Waals surface area contributed by atoms with Gasteiger partial charge in [-0.3, -0.25) is 0 Å². The first-order chi connectivity index (χ1) is 11.6. The summed E-state index contributed by atoms with van der Waals surface area (Å²) >= 11 is 0. The number of fused-ring (bicyclic) bond motifs is 1. The molecule has 1 fully saturated rings. The average molecular weight is 339 g/mol. The molecule has 1 radical (unpaired) electrons. The zero-order chi connectivity index (χ0) is 18.2. The molecule has 1 aliphatic rings. The minimum atomic E-state index is -0.560. The Morgan fingerprint density at radius 1 is 0.920 bits per heavy atom. The van der Waals surface area contributed by atoms with E-state index in [-0.39, 0.29) is 0 Å². The molecule has 0 heterocycles. The van der Waals surface area contributed by atoms with Crippen LogP contribution in [0.3, 0.4) is 0 Å². The molecule has 135 valence electrons. The third-order valence-corrected chi connectivity index (χ3v) is 5.67. The summed E-state index contributed by atoms with van der Waals surface area (Å²) in [5, 5.41) is 2.37. The first kappa shape index (κ1) is 18.3. The molecule has 2 N–H and O–H groups in total. The molecule has 0 aromatic heterocycles. The van der Waals surface area contributed by atoms with Crippen LogP contribution in [0.25, 0.3) is 10.8 Å². The molecule has 2 heteroatoms. The summed E-state index contributed by atoms with van der Waals surface area (Å²) in [6, 6.07) is 12.7. The molecule has 2 aromatic rings. The predicted octanol–water partition coefficient (Wildman–Crippen LogP) is 5.83. The lowest BCUT2D eigenvalue weighted by Gasteiger charge is -2.37. The van der Waals surface area contributed by atoms with Crippen molar-refractivity contribution in [1.82, 2.24) is 0 Å². The first-order valence-electron chi connectivity index (χ1n) is 9.48. The summed E-state index contributed by atoms with van der Waals surface area (Å²) in [4.78, 5) is 0. The van der Waals surface area contributed by atoms with Gasteiger partial charge in [0, 0.05) is 5.54 Å². The maximum absolute atomic E-state index is 6.28. The number of ether oxygens (including phenoxy) is 1. The highest BCUT2D eigenvalue weighted by molar-refractivity contribution is 5.84. The van der Waals surface area contributed by atoms with Crippen molar-refractivity contribution < 1.29 is 4.74 Å². The minimum Gasteiger partial charge on any atom is -0.490 e. The van der Waals surface area contributed by atoms with Gasteiger partial charge in [-0.2, -0.15) is 0 Å². The van der Waals surface area contributed by atoms with Crippen molar-refractivity contribution >= 4 is 10.8 Å². The Bertz CT molecular complexity index is 728. The number of benzene rings is 2. The third kappa shape index (κ3) is 4.36. The fourth-order valence-corrected chi connectivity index (χ4v) is 3.89. The highest BCUT2D eigenvalue weighted by atomic mass is 16.5. The summed E-state index contributed by atoms with van der Waals surface area (Å²) < 4.78 is 6.28. The van der Waals surface area contributed by atoms with E-state index in [4.69, 9.17) is 10.5 Å². The number of hydrogen-bond acceptors (Lipinski definition) is 2. The van der Waals surface area contributed by atoms with Crippen molar-refractivity contribution in [3.63, 3.8) is 0 Å². The Morgan fingerprint density at radius 3 is 2.12 bits per heavy atom. The second kappa shape index (κ2) is 6.64. The molecule has 25 heavy (non-hydrogen) atoms. The van der Waals surface area contributed by atoms with Gasteiger partial charge in [-0.1, -0.05) is 39.0 Å². The lowest BCUT2D eigenvalue weighted by molar-refractivity contribution is 0.0883. The molecular formula is C23H32NO. The molecule has 1 atom stereocenters. The van der Waals surface area contributed by atoms with Crippen molar-refractivity contribution in [2.75, 3.05) is 0 Å². The molecule has 2 aromatic carbocycles. The maximum atomic E-state index is 6.28. The molecule has 1 saturated carbocycles. The Balaban J connectivity index is 1.69. The highest BCUT2D eigenvalue weighted by Crippen LogP contribution is 2.39. The van der Waals surface area contributed by atoms with Crippen molar-refractivity contribution in [3.05, 3.63) is 48.9 Å². The van der Waals surface area contributed by atoms with Gasteiger partial charge in [-0.25, -0.2) is 0 Å². The highest BCUT2D eigenvalue weighted by Gasteiger charge is 2.30. The van der Waals surface area contributed by atoms with Crippen LogP contribution in [0, 0.1) is 18.3 Å². The summed E-state index contributed by atoms with van der Waals surface area (Å²) in [6.07, 6.45) is 5.20. The smallest absolute Gasteiger partial charge is 0.120 e. The van der Waals surface area contributed by atoms with Gasteiger partial charge < -0.3 is 10.5 Å². The summed E-state index contributed by atoms with van der Waals surface area (Å²) in [7, 11) is 0. The molecule has 0 amide bonds. The Labute approximate surface area is 152 Å². The summed E-state index contributed by atoms with van der Waals surface area (Å²) in [6.45, 7) is 13.0. The molecule has 2 nitrogen and oxygen atoms in total. The monoisotopic (exact) mass is 338 g/mol. The first-order valence-corrected chi connectivity index (χ1v) is 9.48. The van der Waals surface area contributed by atoms with E-state index < -0.39 is 5.54 Å². The largest absolute Gasteiger partial charge is 0.490 e. The molecule has 0 spiro atoms. The molecule has 0 bridgehead atoms. The van der Waals surface area contributed by atoms with Gasteiger partial charge in [0.1, 0.15) is 5.75 Å². The lowest BCUT2D eigenvalue weighted by Crippen LogP contribution is -2.30. The average Bonchev–Trinajstić information content (AvgIpc) is 2.53. The summed E-state index contributed by atoms with van der Waals surface area (Å²) in [5.74, 6) is 1.79. The van der Waals surface area contributed by atoms with Crippen molar-refractivity contribution in [2.24, 2.45) is 17.1 Å². The van der Waals surface area contributed by atoms with E-state index in [0.717, 1.165) is 30.1 Å². The molecule has 1 aliphatic carbocycles. The van der Waals surface area contributed by atoms with E-state index in [0.29, 0.717) is 11.5 Å². The van der Waals surface area contributed by atoms with E-state index in [1.807, 2.05) is 6.92 Å². The lowest BCUT2D eigenvalue weighted by atomic mass is 9.72. The maximum Gasteiger partial charge on any atom is 0.120 e. The number of rotatable bonds is 3. The molecule has 0 unspecified atom stereocenters. The van der Waals surface area contributed by atoms with E-state index in [1.165, 1.54) is 23.6 Å². The topological polar surface area (TPSA) is 35.2 Å². The summed E-state index contributed by atoms with van der Waals surface area (Å²) in [5.41, 5.74) is 7.01. The van der Waals surface area contributed by atoms with Gasteiger partial charge in [0.05, 0.1) is 6.10 Å². The van der Waals surface area contributed by atoms with Gasteiger partial charge in [-0.15, -0.1) is 0 Å². The minimum absolute atomic E-state index is 0.350. The van der Waals surface area contributed by atoms with E-state index in [9.17, 15) is 0 Å². The van der Waals surface area contributed by atoms with Crippen molar-refractivity contribution in [3.8, 4) is 5.75 Å². The van der Waals surface area contributed by atoms with Crippen molar-refractivity contribution in [1.29, 1.82) is 0 Å². The number of nitrogens with two attached hydrogens (primary N) is 1. The second-order valence-corrected chi connectivity index (χ2v) is 9.10. The SMILES string of the molecule is [CH2][C@](C)(N)c1ccc2cc(O[C@H]3CC[C@H](C(C)(C)C)CC3)ccc2c1. The van der Waals surface area contributed by atoms with Crippen LogP contribution in [-0.2, 0) is 5.54 Å². The predicted molar refractivity (Wildman–Crippen MR) is 107 cm³/mol. The van der Waals surface area contributed by atoms with Gasteiger partial charge in [-0.05, 0) is 85.4 Å². The van der Waals surface area contributed by atoms with Crippen LogP contribution in [-0.4, -0.2) is 6.10 Å². The van der Waals surface area contributed by atoms with Crippen LogP contribution in [0.5, 0.6) is 5.75 Å². The van der Waals surface area contributed by atoms with Crippen molar-refractivity contribution in [2.45, 2.75) is 65.0 Å². The number of hydrogen-bond donors (Lipinski definition) is 1. The third-order valence-electron chi connectivity index (χ3n) is 5.67. The van der Waals surface area contributed by atoms with Crippen LogP contribution in [0.4, 0.5) is 0 Å². The Hall–Kier alpha value is -1.54. The van der Waals surface area contributed by atoms with Gasteiger partial charge >= 0.3 is 0 Å². The Morgan fingerprint density at radius 2 is 1.52 bits per heavy atom. The van der Waals surface area contributed by atoms with Crippen LogP contribution >= 0.6 is 0 Å². The quantitative estimate of drug-likeness (QED) is 0.764.